The highest BCUT2D eigenvalue weighted by Crippen LogP contribution is 2.15. The fraction of sp³-hybridized carbons (Fsp3) is 0.143. The average molecular weight is 413 g/mol. The van der Waals surface area contributed by atoms with Gasteiger partial charge in [0.2, 0.25) is 5.91 Å². The summed E-state index contributed by atoms with van der Waals surface area (Å²) in [6.45, 7) is 1.65. The molecule has 30 heavy (non-hydrogen) atoms. The molecule has 0 fully saturated rings. The quantitative estimate of drug-likeness (QED) is 0.628. The average Bonchev–Trinajstić information content (AvgIpc) is 2.71. The SMILES string of the molecule is CCOC(=O)c1nn(-c2ccc(F)cc2)c(=O)cc1NC(=O)Cc1ccc(F)cc1. The molecule has 0 atom stereocenters. The zero-order valence-electron chi connectivity index (χ0n) is 15.9. The van der Waals surface area contributed by atoms with Crippen molar-refractivity contribution in [3.05, 3.63) is 87.8 Å². The molecule has 0 spiro atoms. The maximum Gasteiger partial charge on any atom is 0.360 e. The van der Waals surface area contributed by atoms with E-state index in [4.69, 9.17) is 4.74 Å². The van der Waals surface area contributed by atoms with Gasteiger partial charge in [0.1, 0.15) is 11.6 Å². The lowest BCUT2D eigenvalue weighted by Gasteiger charge is -2.12. The third-order valence-electron chi connectivity index (χ3n) is 4.02. The van der Waals surface area contributed by atoms with E-state index in [-0.39, 0.29) is 30.1 Å². The number of halogens is 2. The molecule has 1 aromatic heterocycles. The second-order valence-electron chi connectivity index (χ2n) is 6.20. The maximum atomic E-state index is 13.2. The van der Waals surface area contributed by atoms with Gasteiger partial charge in [0.25, 0.3) is 5.56 Å². The van der Waals surface area contributed by atoms with Crippen molar-refractivity contribution in [3.63, 3.8) is 0 Å². The second kappa shape index (κ2) is 9.08. The molecule has 1 heterocycles. The first-order valence-corrected chi connectivity index (χ1v) is 8.99. The van der Waals surface area contributed by atoms with E-state index in [1.54, 1.807) is 6.92 Å². The molecule has 9 heteroatoms. The van der Waals surface area contributed by atoms with E-state index in [1.807, 2.05) is 0 Å². The number of hydrogen-bond donors (Lipinski definition) is 1. The highest BCUT2D eigenvalue weighted by atomic mass is 19.1. The van der Waals surface area contributed by atoms with Gasteiger partial charge >= 0.3 is 5.97 Å². The first-order chi connectivity index (χ1) is 14.4. The molecule has 3 rings (SSSR count). The number of rotatable bonds is 6. The number of benzene rings is 2. The van der Waals surface area contributed by atoms with Crippen molar-refractivity contribution >= 4 is 17.6 Å². The van der Waals surface area contributed by atoms with E-state index in [2.05, 4.69) is 10.4 Å². The molecule has 0 unspecified atom stereocenters. The number of aromatic nitrogens is 2. The van der Waals surface area contributed by atoms with Crippen molar-refractivity contribution in [1.29, 1.82) is 0 Å². The van der Waals surface area contributed by atoms with Gasteiger partial charge in [-0.2, -0.15) is 9.78 Å². The van der Waals surface area contributed by atoms with Crippen molar-refractivity contribution in [2.24, 2.45) is 0 Å². The first kappa shape index (κ1) is 20.8. The van der Waals surface area contributed by atoms with Crippen LogP contribution in [-0.2, 0) is 16.0 Å². The zero-order valence-corrected chi connectivity index (χ0v) is 15.9. The Labute approximate surface area is 169 Å². The first-order valence-electron chi connectivity index (χ1n) is 8.99. The third kappa shape index (κ3) is 4.93. The molecule has 0 aliphatic rings. The molecular weight excluding hydrogens is 396 g/mol. The predicted molar refractivity (Wildman–Crippen MR) is 104 cm³/mol. The van der Waals surface area contributed by atoms with Crippen LogP contribution >= 0.6 is 0 Å². The number of ether oxygens (including phenoxy) is 1. The smallest absolute Gasteiger partial charge is 0.360 e. The Bertz CT molecular complexity index is 1130. The Morgan fingerprint density at radius 2 is 1.63 bits per heavy atom. The van der Waals surface area contributed by atoms with Crippen LogP contribution in [0.1, 0.15) is 23.0 Å². The van der Waals surface area contributed by atoms with Gasteiger partial charge in [-0.25, -0.2) is 13.6 Å². The number of nitrogens with one attached hydrogen (secondary N) is 1. The fourth-order valence-electron chi connectivity index (χ4n) is 2.65. The van der Waals surface area contributed by atoms with E-state index in [1.165, 1.54) is 36.4 Å². The molecule has 0 radical (unpaired) electrons. The molecule has 0 bridgehead atoms. The van der Waals surface area contributed by atoms with Gasteiger partial charge in [-0.15, -0.1) is 0 Å². The normalized spacial score (nSPS) is 10.5. The van der Waals surface area contributed by atoms with Gasteiger partial charge in [0.15, 0.2) is 5.69 Å². The molecule has 2 aromatic carbocycles. The van der Waals surface area contributed by atoms with Gasteiger partial charge in [-0.1, -0.05) is 12.1 Å². The molecule has 0 saturated carbocycles. The minimum absolute atomic E-state index is 0.0547. The fourth-order valence-corrected chi connectivity index (χ4v) is 2.65. The van der Waals surface area contributed by atoms with E-state index < -0.39 is 29.1 Å². The number of nitrogens with zero attached hydrogens (tertiary/aromatic N) is 2. The number of anilines is 1. The summed E-state index contributed by atoms with van der Waals surface area (Å²) in [5.41, 5.74) is -0.278. The lowest BCUT2D eigenvalue weighted by molar-refractivity contribution is -0.115. The third-order valence-corrected chi connectivity index (χ3v) is 4.02. The van der Waals surface area contributed by atoms with Crippen LogP contribution in [0.3, 0.4) is 0 Å². The summed E-state index contributed by atoms with van der Waals surface area (Å²) in [6.07, 6.45) is -0.108. The highest BCUT2D eigenvalue weighted by Gasteiger charge is 2.20. The molecule has 0 aliphatic heterocycles. The molecule has 7 nitrogen and oxygen atoms in total. The van der Waals surface area contributed by atoms with Crippen molar-refractivity contribution in [2.75, 3.05) is 11.9 Å². The van der Waals surface area contributed by atoms with Crippen molar-refractivity contribution in [2.45, 2.75) is 13.3 Å². The van der Waals surface area contributed by atoms with Gasteiger partial charge < -0.3 is 10.1 Å². The Hall–Kier alpha value is -3.88. The molecule has 0 aliphatic carbocycles. The van der Waals surface area contributed by atoms with Gasteiger partial charge in [0, 0.05) is 6.07 Å². The summed E-state index contributed by atoms with van der Waals surface area (Å²) < 4.78 is 32.0. The van der Waals surface area contributed by atoms with Crippen LogP contribution < -0.4 is 10.9 Å². The minimum Gasteiger partial charge on any atom is -0.461 e. The standard InChI is InChI=1S/C21H17F2N3O4/c1-2-30-21(29)20-17(24-18(27)11-13-3-5-14(22)6-4-13)12-19(28)26(25-20)16-9-7-15(23)8-10-16/h3-10,12H,2,11H2,1H3,(H,24,27). The highest BCUT2D eigenvalue weighted by molar-refractivity contribution is 6.00. The number of hydrogen-bond acceptors (Lipinski definition) is 5. The van der Waals surface area contributed by atoms with Crippen molar-refractivity contribution in [3.8, 4) is 5.69 Å². The maximum absolute atomic E-state index is 13.2. The largest absolute Gasteiger partial charge is 0.461 e. The van der Waals surface area contributed by atoms with E-state index in [0.29, 0.717) is 5.56 Å². The topological polar surface area (TPSA) is 90.3 Å². The van der Waals surface area contributed by atoms with Crippen LogP contribution in [0.2, 0.25) is 0 Å². The van der Waals surface area contributed by atoms with E-state index in [9.17, 15) is 23.2 Å². The lowest BCUT2D eigenvalue weighted by atomic mass is 10.1. The van der Waals surface area contributed by atoms with Crippen molar-refractivity contribution < 1.29 is 23.1 Å². The molecule has 3 aromatic rings. The Balaban J connectivity index is 1.94. The lowest BCUT2D eigenvalue weighted by Crippen LogP contribution is -2.27. The summed E-state index contributed by atoms with van der Waals surface area (Å²) in [5.74, 6) is -2.31. The summed E-state index contributed by atoms with van der Waals surface area (Å²) in [4.78, 5) is 37.2. The van der Waals surface area contributed by atoms with E-state index >= 15 is 0 Å². The minimum atomic E-state index is -0.842. The van der Waals surface area contributed by atoms with Gasteiger partial charge in [-0.05, 0) is 48.9 Å². The summed E-state index contributed by atoms with van der Waals surface area (Å²) in [6, 6.07) is 11.3. The summed E-state index contributed by atoms with van der Waals surface area (Å²) in [7, 11) is 0. The zero-order chi connectivity index (χ0) is 21.7. The van der Waals surface area contributed by atoms with Crippen molar-refractivity contribution in [1.82, 2.24) is 9.78 Å². The van der Waals surface area contributed by atoms with Crippen LogP contribution in [0.4, 0.5) is 14.5 Å². The summed E-state index contributed by atoms with van der Waals surface area (Å²) in [5, 5.41) is 6.48. The molecule has 1 N–H and O–H groups in total. The molecule has 1 amide bonds. The van der Waals surface area contributed by atoms with Crippen LogP contribution in [0.25, 0.3) is 5.69 Å². The second-order valence-corrected chi connectivity index (χ2v) is 6.20. The number of carbonyl (C=O) groups excluding carboxylic acids is 2. The Morgan fingerprint density at radius 3 is 2.23 bits per heavy atom. The predicted octanol–water partition coefficient (Wildman–Crippen LogP) is 2.87. The Kier molecular flexibility index (Phi) is 6.31. The van der Waals surface area contributed by atoms with Crippen LogP contribution in [0.15, 0.2) is 59.4 Å². The van der Waals surface area contributed by atoms with Gasteiger partial charge in [0.05, 0.1) is 24.4 Å². The van der Waals surface area contributed by atoms with Crippen LogP contribution in [0, 0.1) is 11.6 Å². The summed E-state index contributed by atoms with van der Waals surface area (Å²) >= 11 is 0. The molecular formula is C21H17F2N3O4. The van der Waals surface area contributed by atoms with Crippen LogP contribution in [0.5, 0.6) is 0 Å². The Morgan fingerprint density at radius 1 is 1.03 bits per heavy atom. The van der Waals surface area contributed by atoms with Gasteiger partial charge in [-0.3, -0.25) is 9.59 Å². The number of carbonyl (C=O) groups is 2. The van der Waals surface area contributed by atoms with Crippen LogP contribution in [-0.4, -0.2) is 28.3 Å². The monoisotopic (exact) mass is 413 g/mol. The number of amides is 1. The van der Waals surface area contributed by atoms with E-state index in [0.717, 1.165) is 22.9 Å². The molecule has 0 saturated heterocycles. The molecule has 154 valence electrons. The number of esters is 1.